The van der Waals surface area contributed by atoms with Gasteiger partial charge in [-0.25, -0.2) is 5.43 Å². The first-order valence-electron chi connectivity index (χ1n) is 7.01. The van der Waals surface area contributed by atoms with E-state index in [9.17, 15) is 22.8 Å². The van der Waals surface area contributed by atoms with E-state index in [1.54, 1.807) is 24.3 Å². The van der Waals surface area contributed by atoms with Crippen molar-refractivity contribution in [2.75, 3.05) is 0 Å². The van der Waals surface area contributed by atoms with E-state index in [4.69, 9.17) is 0 Å². The van der Waals surface area contributed by atoms with E-state index in [1.165, 1.54) is 6.92 Å². The number of nitrogens with one attached hydrogen (secondary N) is 1. The minimum atomic E-state index is -4.93. The highest BCUT2D eigenvalue weighted by Crippen LogP contribution is 2.17. The Morgan fingerprint density at radius 1 is 1.24 bits per heavy atom. The molecule has 8 nitrogen and oxygen atoms in total. The molecule has 0 bridgehead atoms. The maximum absolute atomic E-state index is 12.1. The van der Waals surface area contributed by atoms with Gasteiger partial charge in [0, 0.05) is 11.3 Å². The van der Waals surface area contributed by atoms with Crippen LogP contribution < -0.4 is 5.43 Å². The molecule has 0 atom stereocenters. The number of amides is 1. The van der Waals surface area contributed by atoms with Crippen molar-refractivity contribution in [1.82, 2.24) is 25.6 Å². The van der Waals surface area contributed by atoms with E-state index in [2.05, 4.69) is 20.5 Å². The average Bonchev–Trinajstić information content (AvgIpc) is 3.01. The first-order chi connectivity index (χ1) is 11.8. The number of carbonyl (C=O) groups is 2. The lowest BCUT2D eigenvalue weighted by atomic mass is 10.2. The van der Waals surface area contributed by atoms with Gasteiger partial charge in [-0.1, -0.05) is 30.3 Å². The molecule has 0 saturated heterocycles. The molecule has 0 spiro atoms. The summed E-state index contributed by atoms with van der Waals surface area (Å²) >= 11 is 0. The standard InChI is InChI=1S/C14H13F3N6O2/c1-9(7-11(24)14(15,16)17)18-19-12(25)8-23-21-13(20-22-23)10-5-3-2-4-6-10/h2-6H,7-8H2,1H3,(H,19,25). The first kappa shape index (κ1) is 18.2. The minimum Gasteiger partial charge on any atom is -0.289 e. The van der Waals surface area contributed by atoms with Crippen LogP contribution in [0.3, 0.4) is 0 Å². The molecular weight excluding hydrogens is 341 g/mol. The fourth-order valence-corrected chi connectivity index (χ4v) is 1.71. The van der Waals surface area contributed by atoms with Crippen LogP contribution in [0.1, 0.15) is 13.3 Å². The molecule has 1 aromatic carbocycles. The average molecular weight is 354 g/mol. The Kier molecular flexibility index (Phi) is 5.57. The van der Waals surface area contributed by atoms with Crippen molar-refractivity contribution < 1.29 is 22.8 Å². The third kappa shape index (κ3) is 5.48. The Balaban J connectivity index is 1.89. The van der Waals surface area contributed by atoms with Crippen molar-refractivity contribution in [1.29, 1.82) is 0 Å². The first-order valence-corrected chi connectivity index (χ1v) is 7.01. The molecule has 0 aliphatic heterocycles. The quantitative estimate of drug-likeness (QED) is 0.623. The number of carbonyl (C=O) groups excluding carboxylic acids is 2. The molecule has 132 valence electrons. The van der Waals surface area contributed by atoms with Crippen LogP contribution in [0.25, 0.3) is 11.4 Å². The third-order valence-electron chi connectivity index (χ3n) is 2.87. The lowest BCUT2D eigenvalue weighted by Gasteiger charge is -2.05. The number of rotatable bonds is 6. The summed E-state index contributed by atoms with van der Waals surface area (Å²) in [7, 11) is 0. The fraction of sp³-hybridized carbons (Fsp3) is 0.286. The van der Waals surface area contributed by atoms with Crippen LogP contribution in [0.4, 0.5) is 13.2 Å². The number of ketones is 1. The van der Waals surface area contributed by atoms with E-state index in [0.717, 1.165) is 4.80 Å². The van der Waals surface area contributed by atoms with Crippen LogP contribution in [0.5, 0.6) is 0 Å². The predicted molar refractivity (Wildman–Crippen MR) is 80.2 cm³/mol. The van der Waals surface area contributed by atoms with Gasteiger partial charge < -0.3 is 0 Å². The molecule has 0 aliphatic rings. The van der Waals surface area contributed by atoms with Gasteiger partial charge in [-0.05, 0) is 12.1 Å². The molecule has 2 rings (SSSR count). The largest absolute Gasteiger partial charge is 0.450 e. The van der Waals surface area contributed by atoms with Crippen molar-refractivity contribution in [3.63, 3.8) is 0 Å². The van der Waals surface area contributed by atoms with Gasteiger partial charge in [-0.3, -0.25) is 9.59 Å². The Hall–Kier alpha value is -3.11. The molecule has 1 heterocycles. The van der Waals surface area contributed by atoms with Gasteiger partial charge in [0.2, 0.25) is 11.6 Å². The lowest BCUT2D eigenvalue weighted by Crippen LogP contribution is -2.28. The highest BCUT2D eigenvalue weighted by Gasteiger charge is 2.38. The smallest absolute Gasteiger partial charge is 0.289 e. The van der Waals surface area contributed by atoms with Gasteiger partial charge in [0.15, 0.2) is 0 Å². The van der Waals surface area contributed by atoms with E-state index < -0.39 is 24.3 Å². The molecular formula is C14H13F3N6O2. The Morgan fingerprint density at radius 3 is 2.56 bits per heavy atom. The summed E-state index contributed by atoms with van der Waals surface area (Å²) < 4.78 is 36.4. The summed E-state index contributed by atoms with van der Waals surface area (Å²) in [5.74, 6) is -2.28. The van der Waals surface area contributed by atoms with Gasteiger partial charge in [-0.15, -0.1) is 10.2 Å². The van der Waals surface area contributed by atoms with Gasteiger partial charge >= 0.3 is 6.18 Å². The van der Waals surface area contributed by atoms with Gasteiger partial charge in [0.1, 0.15) is 6.54 Å². The lowest BCUT2D eigenvalue weighted by molar-refractivity contribution is -0.169. The number of halogens is 3. The molecule has 2 aromatic rings. The maximum Gasteiger partial charge on any atom is 0.450 e. The number of benzene rings is 1. The second-order valence-electron chi connectivity index (χ2n) is 4.99. The van der Waals surface area contributed by atoms with Gasteiger partial charge in [-0.2, -0.15) is 23.1 Å². The molecule has 0 saturated carbocycles. The number of tetrazole rings is 1. The number of aromatic nitrogens is 4. The summed E-state index contributed by atoms with van der Waals surface area (Å²) in [5, 5.41) is 15.0. The third-order valence-corrected chi connectivity index (χ3v) is 2.87. The number of Topliss-reactive ketones (excluding diaryl/α,β-unsaturated/α-hetero) is 1. The molecule has 1 aromatic heterocycles. The number of alkyl halides is 3. The summed E-state index contributed by atoms with van der Waals surface area (Å²) in [4.78, 5) is 23.5. The zero-order chi connectivity index (χ0) is 18.4. The number of hydrogen-bond acceptors (Lipinski definition) is 6. The van der Waals surface area contributed by atoms with Crippen LogP contribution in [0.2, 0.25) is 0 Å². The van der Waals surface area contributed by atoms with Crippen LogP contribution in [0.15, 0.2) is 35.4 Å². The highest BCUT2D eigenvalue weighted by molar-refractivity contribution is 6.03. The van der Waals surface area contributed by atoms with Crippen molar-refractivity contribution in [3.05, 3.63) is 30.3 Å². The van der Waals surface area contributed by atoms with Crippen LogP contribution in [-0.4, -0.2) is 43.8 Å². The van der Waals surface area contributed by atoms with Gasteiger partial charge in [0.05, 0.1) is 6.42 Å². The number of nitrogens with zero attached hydrogens (tertiary/aromatic N) is 5. The Labute approximate surface area is 139 Å². The van der Waals surface area contributed by atoms with E-state index in [-0.39, 0.29) is 12.3 Å². The highest BCUT2D eigenvalue weighted by atomic mass is 19.4. The summed E-state index contributed by atoms with van der Waals surface area (Å²) in [6, 6.07) is 8.95. The molecule has 0 fully saturated rings. The molecule has 11 heteroatoms. The zero-order valence-electron chi connectivity index (χ0n) is 13.0. The van der Waals surface area contributed by atoms with E-state index in [0.29, 0.717) is 11.4 Å². The molecule has 0 unspecified atom stereocenters. The summed E-state index contributed by atoms with van der Waals surface area (Å²) in [6.07, 6.45) is -5.86. The van der Waals surface area contributed by atoms with Crippen molar-refractivity contribution in [2.24, 2.45) is 5.10 Å². The van der Waals surface area contributed by atoms with E-state index in [1.807, 2.05) is 11.5 Å². The number of hydrazone groups is 1. The monoisotopic (exact) mass is 354 g/mol. The van der Waals surface area contributed by atoms with Crippen molar-refractivity contribution in [2.45, 2.75) is 26.1 Å². The fourth-order valence-electron chi connectivity index (χ4n) is 1.71. The normalized spacial score (nSPS) is 12.1. The number of hydrogen-bond donors (Lipinski definition) is 1. The molecule has 1 amide bonds. The summed E-state index contributed by atoms with van der Waals surface area (Å²) in [5.41, 5.74) is 2.58. The topological polar surface area (TPSA) is 102 Å². The molecule has 0 aliphatic carbocycles. The SMILES string of the molecule is CC(CC(=O)C(F)(F)F)=NNC(=O)Cn1nnc(-c2ccccc2)n1. The minimum absolute atomic E-state index is 0.174. The van der Waals surface area contributed by atoms with Crippen LogP contribution >= 0.6 is 0 Å². The molecule has 1 N–H and O–H groups in total. The van der Waals surface area contributed by atoms with Crippen molar-refractivity contribution >= 4 is 17.4 Å². The van der Waals surface area contributed by atoms with Crippen molar-refractivity contribution in [3.8, 4) is 11.4 Å². The van der Waals surface area contributed by atoms with Crippen LogP contribution in [-0.2, 0) is 16.1 Å². The zero-order valence-corrected chi connectivity index (χ0v) is 13.0. The predicted octanol–water partition coefficient (Wildman–Crippen LogP) is 1.35. The maximum atomic E-state index is 12.1. The van der Waals surface area contributed by atoms with Crippen LogP contribution in [0, 0.1) is 0 Å². The summed E-state index contributed by atoms with van der Waals surface area (Å²) in [6.45, 7) is 0.870. The Morgan fingerprint density at radius 2 is 1.92 bits per heavy atom. The molecule has 0 radical (unpaired) electrons. The Bertz CT molecular complexity index is 785. The second kappa shape index (κ2) is 7.64. The second-order valence-corrected chi connectivity index (χ2v) is 4.99. The molecule has 25 heavy (non-hydrogen) atoms. The van der Waals surface area contributed by atoms with E-state index >= 15 is 0 Å². The van der Waals surface area contributed by atoms with Gasteiger partial charge in [0.25, 0.3) is 5.91 Å².